The molecule has 1 aromatic carbocycles. The number of guanidine groups is 1. The molecule has 126 valence electrons. The van der Waals surface area contributed by atoms with E-state index in [1.165, 1.54) is 11.1 Å². The Morgan fingerprint density at radius 1 is 1.09 bits per heavy atom. The summed E-state index contributed by atoms with van der Waals surface area (Å²) < 4.78 is 0. The van der Waals surface area contributed by atoms with Crippen molar-refractivity contribution in [1.82, 2.24) is 9.80 Å². The highest BCUT2D eigenvalue weighted by molar-refractivity contribution is 14.0. The number of hydrogen-bond donors (Lipinski definition) is 1. The molecule has 0 radical (unpaired) electrons. The lowest BCUT2D eigenvalue weighted by Crippen LogP contribution is -2.37. The lowest BCUT2D eigenvalue weighted by Gasteiger charge is -2.25. The number of likely N-dealkylation sites (N-methyl/N-ethyl adjacent to an activating group) is 1. The maximum atomic E-state index is 6.07. The molecular formula is C17H31IN4. The maximum Gasteiger partial charge on any atom is 0.191 e. The molecule has 2 N–H and O–H groups in total. The van der Waals surface area contributed by atoms with E-state index in [0.717, 1.165) is 19.5 Å². The lowest BCUT2D eigenvalue weighted by atomic mass is 10.0. The summed E-state index contributed by atoms with van der Waals surface area (Å²) in [5, 5.41) is 0. The highest BCUT2D eigenvalue weighted by Gasteiger charge is 2.14. The van der Waals surface area contributed by atoms with E-state index < -0.39 is 0 Å². The second-order valence-corrected chi connectivity index (χ2v) is 5.45. The van der Waals surface area contributed by atoms with Crippen molar-refractivity contribution in [3.05, 3.63) is 35.4 Å². The van der Waals surface area contributed by atoms with Crippen LogP contribution in [0.25, 0.3) is 0 Å². The Hall–Kier alpha value is -0.820. The first kappa shape index (κ1) is 21.2. The summed E-state index contributed by atoms with van der Waals surface area (Å²) in [6.07, 6.45) is 1.07. The minimum absolute atomic E-state index is 0. The van der Waals surface area contributed by atoms with Gasteiger partial charge in [-0.15, -0.1) is 24.0 Å². The zero-order valence-electron chi connectivity index (χ0n) is 14.5. The van der Waals surface area contributed by atoms with Gasteiger partial charge in [0.25, 0.3) is 0 Å². The van der Waals surface area contributed by atoms with Crippen molar-refractivity contribution in [1.29, 1.82) is 0 Å². The predicted octanol–water partition coefficient (Wildman–Crippen LogP) is 3.13. The van der Waals surface area contributed by atoms with Gasteiger partial charge in [0, 0.05) is 13.1 Å². The summed E-state index contributed by atoms with van der Waals surface area (Å²) in [4.78, 5) is 8.86. The zero-order chi connectivity index (χ0) is 15.8. The van der Waals surface area contributed by atoms with E-state index in [1.807, 2.05) is 0 Å². The van der Waals surface area contributed by atoms with E-state index in [2.05, 4.69) is 73.9 Å². The first-order valence-corrected chi connectivity index (χ1v) is 7.83. The highest BCUT2D eigenvalue weighted by Crippen LogP contribution is 2.19. The molecule has 0 saturated heterocycles. The van der Waals surface area contributed by atoms with Crippen molar-refractivity contribution in [2.75, 3.05) is 33.7 Å². The Kier molecular flexibility index (Phi) is 10.4. The average molecular weight is 418 g/mol. The molecule has 0 aromatic heterocycles. The maximum absolute atomic E-state index is 6.07. The molecule has 1 aromatic rings. The van der Waals surface area contributed by atoms with Gasteiger partial charge in [-0.05, 0) is 45.5 Å². The number of nitrogens with zero attached hydrogens (tertiary/aromatic N) is 3. The molecule has 0 aliphatic carbocycles. The summed E-state index contributed by atoms with van der Waals surface area (Å²) >= 11 is 0. The topological polar surface area (TPSA) is 44.9 Å². The third-order valence-corrected chi connectivity index (χ3v) is 3.91. The van der Waals surface area contributed by atoms with Crippen LogP contribution in [0.3, 0.4) is 0 Å². The Morgan fingerprint density at radius 3 is 2.05 bits per heavy atom. The second kappa shape index (κ2) is 10.8. The first-order chi connectivity index (χ1) is 10.0. The second-order valence-electron chi connectivity index (χ2n) is 5.45. The van der Waals surface area contributed by atoms with Crippen LogP contribution in [0.5, 0.6) is 0 Å². The molecule has 0 aliphatic heterocycles. The Balaban J connectivity index is 0.00000441. The number of nitrogens with two attached hydrogens (primary N) is 1. The molecule has 0 aliphatic rings. The van der Waals surface area contributed by atoms with Gasteiger partial charge >= 0.3 is 0 Å². The van der Waals surface area contributed by atoms with Crippen molar-refractivity contribution in [2.45, 2.75) is 33.2 Å². The molecule has 1 rings (SSSR count). The van der Waals surface area contributed by atoms with Crippen molar-refractivity contribution < 1.29 is 0 Å². The first-order valence-electron chi connectivity index (χ1n) is 7.83. The summed E-state index contributed by atoms with van der Waals surface area (Å²) in [7, 11) is 4.17. The van der Waals surface area contributed by atoms with Gasteiger partial charge in [0.1, 0.15) is 0 Å². The normalized spacial score (nSPS) is 12.9. The monoisotopic (exact) mass is 418 g/mol. The summed E-state index contributed by atoms with van der Waals surface area (Å²) in [6, 6.07) is 9.05. The number of aliphatic imine (C=N–C) groups is 1. The van der Waals surface area contributed by atoms with Gasteiger partial charge in [-0.2, -0.15) is 0 Å². The minimum atomic E-state index is 0. The minimum Gasteiger partial charge on any atom is -0.370 e. The standard InChI is InChI=1S/C17H30N4.HI/c1-6-14-9-11-15(12-10-14)16(20(4)5)13-19-17(18)21(7-2)8-3;/h9-12,16H,6-8,13H2,1-5H3,(H2,18,19);1H. The third-order valence-electron chi connectivity index (χ3n) is 3.91. The molecule has 0 amide bonds. The molecule has 0 bridgehead atoms. The zero-order valence-corrected chi connectivity index (χ0v) is 16.9. The van der Waals surface area contributed by atoms with Crippen LogP contribution in [-0.4, -0.2) is 49.5 Å². The SMILES string of the molecule is CCc1ccc(C(CN=C(N)N(CC)CC)N(C)C)cc1.I. The molecule has 0 fully saturated rings. The van der Waals surface area contributed by atoms with Crippen molar-refractivity contribution >= 4 is 29.9 Å². The predicted molar refractivity (Wildman–Crippen MR) is 107 cm³/mol. The van der Waals surface area contributed by atoms with Gasteiger partial charge in [0.05, 0.1) is 12.6 Å². The van der Waals surface area contributed by atoms with Gasteiger partial charge in [-0.1, -0.05) is 31.2 Å². The lowest BCUT2D eigenvalue weighted by molar-refractivity contribution is 0.305. The van der Waals surface area contributed by atoms with Crippen molar-refractivity contribution in [3.8, 4) is 0 Å². The fraction of sp³-hybridized carbons (Fsp3) is 0.588. The Bertz CT molecular complexity index is 438. The van der Waals surface area contributed by atoms with Gasteiger partial charge < -0.3 is 15.5 Å². The molecule has 4 nitrogen and oxygen atoms in total. The molecule has 0 saturated carbocycles. The van der Waals surface area contributed by atoms with Crippen molar-refractivity contribution in [3.63, 3.8) is 0 Å². The molecule has 0 spiro atoms. The van der Waals surface area contributed by atoms with Crippen LogP contribution in [0.1, 0.15) is 37.9 Å². The fourth-order valence-electron chi connectivity index (χ4n) is 2.37. The molecule has 0 heterocycles. The Morgan fingerprint density at radius 2 is 1.64 bits per heavy atom. The molecule has 5 heteroatoms. The molecule has 22 heavy (non-hydrogen) atoms. The fourth-order valence-corrected chi connectivity index (χ4v) is 2.37. The number of benzene rings is 1. The quantitative estimate of drug-likeness (QED) is 0.421. The van der Waals surface area contributed by atoms with Gasteiger partial charge in [0.2, 0.25) is 0 Å². The van der Waals surface area contributed by atoms with Crippen LogP contribution in [0, 0.1) is 0 Å². The molecule has 1 unspecified atom stereocenters. The van der Waals surface area contributed by atoms with Gasteiger partial charge in [-0.3, -0.25) is 4.99 Å². The molecular weight excluding hydrogens is 387 g/mol. The third kappa shape index (κ3) is 6.12. The van der Waals surface area contributed by atoms with Crippen LogP contribution >= 0.6 is 24.0 Å². The summed E-state index contributed by atoms with van der Waals surface area (Å²) in [5.41, 5.74) is 8.72. The average Bonchev–Trinajstić information content (AvgIpc) is 2.49. The summed E-state index contributed by atoms with van der Waals surface area (Å²) in [6.45, 7) is 8.83. The summed E-state index contributed by atoms with van der Waals surface area (Å²) in [5.74, 6) is 0.636. The smallest absolute Gasteiger partial charge is 0.191 e. The van der Waals surface area contributed by atoms with Crippen LogP contribution in [0.4, 0.5) is 0 Å². The number of aryl methyl sites for hydroxylation is 1. The van der Waals surface area contributed by atoms with Crippen LogP contribution in [0.15, 0.2) is 29.3 Å². The van der Waals surface area contributed by atoms with E-state index in [1.54, 1.807) is 0 Å². The Labute approximate surface area is 152 Å². The van der Waals surface area contributed by atoms with E-state index in [9.17, 15) is 0 Å². The van der Waals surface area contributed by atoms with Crippen molar-refractivity contribution in [2.24, 2.45) is 10.7 Å². The van der Waals surface area contributed by atoms with E-state index >= 15 is 0 Å². The van der Waals surface area contributed by atoms with E-state index in [4.69, 9.17) is 5.73 Å². The number of hydrogen-bond acceptors (Lipinski definition) is 2. The van der Waals surface area contributed by atoms with Gasteiger partial charge in [-0.25, -0.2) is 0 Å². The number of rotatable bonds is 7. The van der Waals surface area contributed by atoms with Crippen LogP contribution < -0.4 is 5.73 Å². The van der Waals surface area contributed by atoms with E-state index in [0.29, 0.717) is 12.5 Å². The van der Waals surface area contributed by atoms with Gasteiger partial charge in [0.15, 0.2) is 5.96 Å². The largest absolute Gasteiger partial charge is 0.370 e. The molecule has 1 atom stereocenters. The number of halogens is 1. The van der Waals surface area contributed by atoms with E-state index in [-0.39, 0.29) is 30.0 Å². The van der Waals surface area contributed by atoms with Crippen LogP contribution in [0.2, 0.25) is 0 Å². The van der Waals surface area contributed by atoms with Crippen LogP contribution in [-0.2, 0) is 6.42 Å². The highest BCUT2D eigenvalue weighted by atomic mass is 127.